The van der Waals surface area contributed by atoms with Gasteiger partial charge in [0.1, 0.15) is 5.75 Å². The van der Waals surface area contributed by atoms with Crippen molar-refractivity contribution in [2.24, 2.45) is 0 Å². The molecule has 0 saturated carbocycles. The van der Waals surface area contributed by atoms with Crippen LogP contribution in [-0.2, 0) is 6.18 Å². The van der Waals surface area contributed by atoms with Gasteiger partial charge in [-0.1, -0.05) is 6.07 Å². The predicted molar refractivity (Wildman–Crippen MR) is 48.4 cm³/mol. The Balaban J connectivity index is 2.83. The van der Waals surface area contributed by atoms with Crippen LogP contribution in [0.15, 0.2) is 30.5 Å². The molecule has 15 heavy (non-hydrogen) atoms. The Morgan fingerprint density at radius 3 is 2.60 bits per heavy atom. The van der Waals surface area contributed by atoms with Crippen molar-refractivity contribution in [2.45, 2.75) is 6.18 Å². The minimum absolute atomic E-state index is 0.150. The number of alkyl halides is 3. The van der Waals surface area contributed by atoms with Gasteiger partial charge in [0.25, 0.3) is 0 Å². The number of hydrogen-bond acceptors (Lipinski definition) is 2. The third-order valence-corrected chi connectivity index (χ3v) is 2.00. The first-order valence-electron chi connectivity index (χ1n) is 4.13. The number of benzene rings is 1. The van der Waals surface area contributed by atoms with Crippen molar-refractivity contribution >= 4 is 10.9 Å². The van der Waals surface area contributed by atoms with Gasteiger partial charge in [-0.25, -0.2) is 0 Å². The maximum atomic E-state index is 12.5. The molecule has 78 valence electrons. The normalized spacial score (nSPS) is 11.9. The highest BCUT2D eigenvalue weighted by Crippen LogP contribution is 2.36. The zero-order chi connectivity index (χ0) is 11.1. The Hall–Kier alpha value is -1.78. The number of fused-ring (bicyclic) bond motifs is 1. The largest absolute Gasteiger partial charge is 0.508 e. The monoisotopic (exact) mass is 213 g/mol. The molecule has 5 heteroatoms. The third-order valence-electron chi connectivity index (χ3n) is 2.00. The minimum Gasteiger partial charge on any atom is -0.508 e. The second kappa shape index (κ2) is 3.12. The van der Waals surface area contributed by atoms with Gasteiger partial charge in [0.2, 0.25) is 0 Å². The number of phenolic OH excluding ortho intramolecular Hbond substituents is 1. The lowest BCUT2D eigenvalue weighted by Gasteiger charge is -2.09. The lowest BCUT2D eigenvalue weighted by Crippen LogP contribution is -2.06. The third kappa shape index (κ3) is 1.72. The summed E-state index contributed by atoms with van der Waals surface area (Å²) in [5.74, 6) is -0.414. The van der Waals surface area contributed by atoms with Crippen LogP contribution in [0.25, 0.3) is 10.9 Å². The van der Waals surface area contributed by atoms with Crippen LogP contribution in [0.4, 0.5) is 13.2 Å². The SMILES string of the molecule is Oc1cc(C(F)(F)F)c2ncccc2c1. The molecule has 0 aliphatic heterocycles. The van der Waals surface area contributed by atoms with E-state index in [0.29, 0.717) is 6.07 Å². The van der Waals surface area contributed by atoms with E-state index in [1.54, 1.807) is 0 Å². The maximum Gasteiger partial charge on any atom is 0.418 e. The summed E-state index contributed by atoms with van der Waals surface area (Å²) in [7, 11) is 0. The summed E-state index contributed by atoms with van der Waals surface area (Å²) in [6.45, 7) is 0. The Kier molecular flexibility index (Phi) is 2.03. The molecule has 0 atom stereocenters. The summed E-state index contributed by atoms with van der Waals surface area (Å²) in [5.41, 5.74) is -1.07. The molecular weight excluding hydrogens is 207 g/mol. The molecule has 1 aromatic carbocycles. The van der Waals surface area contributed by atoms with Gasteiger partial charge >= 0.3 is 6.18 Å². The van der Waals surface area contributed by atoms with Crippen molar-refractivity contribution in [2.75, 3.05) is 0 Å². The van der Waals surface area contributed by atoms with E-state index in [9.17, 15) is 13.2 Å². The summed E-state index contributed by atoms with van der Waals surface area (Å²) in [6.07, 6.45) is -3.22. The first-order valence-corrected chi connectivity index (χ1v) is 4.13. The van der Waals surface area contributed by atoms with Gasteiger partial charge in [-0.3, -0.25) is 4.98 Å². The fourth-order valence-electron chi connectivity index (χ4n) is 1.39. The summed E-state index contributed by atoms with van der Waals surface area (Å²) in [5, 5.41) is 9.41. The Morgan fingerprint density at radius 1 is 1.20 bits per heavy atom. The molecule has 1 heterocycles. The topological polar surface area (TPSA) is 33.1 Å². The average molecular weight is 213 g/mol. The van der Waals surface area contributed by atoms with Crippen molar-refractivity contribution in [3.63, 3.8) is 0 Å². The lowest BCUT2D eigenvalue weighted by atomic mass is 10.1. The van der Waals surface area contributed by atoms with Crippen molar-refractivity contribution in [3.8, 4) is 5.75 Å². The Bertz CT molecular complexity index is 507. The zero-order valence-electron chi connectivity index (χ0n) is 7.42. The molecular formula is C10H6F3NO. The predicted octanol–water partition coefficient (Wildman–Crippen LogP) is 2.96. The van der Waals surface area contributed by atoms with Crippen molar-refractivity contribution in [1.82, 2.24) is 4.98 Å². The van der Waals surface area contributed by atoms with Crippen LogP contribution in [-0.4, -0.2) is 10.1 Å². The van der Waals surface area contributed by atoms with E-state index in [-0.39, 0.29) is 10.9 Å². The molecule has 2 rings (SSSR count). The highest BCUT2D eigenvalue weighted by molar-refractivity contribution is 5.83. The molecule has 0 bridgehead atoms. The van der Waals surface area contributed by atoms with E-state index in [1.807, 2.05) is 0 Å². The van der Waals surface area contributed by atoms with Gasteiger partial charge in [-0.05, 0) is 18.2 Å². The Morgan fingerprint density at radius 2 is 1.93 bits per heavy atom. The second-order valence-electron chi connectivity index (χ2n) is 3.07. The molecule has 0 saturated heterocycles. The van der Waals surface area contributed by atoms with Crippen molar-refractivity contribution in [3.05, 3.63) is 36.0 Å². The van der Waals surface area contributed by atoms with Gasteiger partial charge < -0.3 is 5.11 Å². The van der Waals surface area contributed by atoms with E-state index in [1.165, 1.54) is 24.4 Å². The van der Waals surface area contributed by atoms with Gasteiger partial charge in [0.15, 0.2) is 0 Å². The molecule has 0 radical (unpaired) electrons. The number of halogens is 3. The molecule has 0 amide bonds. The first kappa shape index (κ1) is 9.76. The molecule has 0 fully saturated rings. The van der Waals surface area contributed by atoms with E-state index in [4.69, 9.17) is 5.11 Å². The van der Waals surface area contributed by atoms with Crippen LogP contribution in [0.5, 0.6) is 5.75 Å². The van der Waals surface area contributed by atoms with Crippen LogP contribution in [0.3, 0.4) is 0 Å². The molecule has 1 aromatic heterocycles. The number of hydrogen-bond donors (Lipinski definition) is 1. The van der Waals surface area contributed by atoms with Crippen LogP contribution in [0.1, 0.15) is 5.56 Å². The van der Waals surface area contributed by atoms with Crippen molar-refractivity contribution in [1.29, 1.82) is 0 Å². The van der Waals surface area contributed by atoms with Gasteiger partial charge in [-0.15, -0.1) is 0 Å². The molecule has 2 nitrogen and oxygen atoms in total. The van der Waals surface area contributed by atoms with Crippen LogP contribution >= 0.6 is 0 Å². The van der Waals surface area contributed by atoms with Gasteiger partial charge in [0.05, 0.1) is 11.1 Å². The summed E-state index contributed by atoms with van der Waals surface area (Å²) in [4.78, 5) is 3.66. The van der Waals surface area contributed by atoms with Crippen LogP contribution < -0.4 is 0 Å². The molecule has 0 aliphatic carbocycles. The first-order chi connectivity index (χ1) is 6.98. The summed E-state index contributed by atoms with van der Waals surface area (Å²) in [6, 6.07) is 4.91. The maximum absolute atomic E-state index is 12.5. The van der Waals surface area contributed by atoms with Gasteiger partial charge in [-0.2, -0.15) is 13.2 Å². The van der Waals surface area contributed by atoms with Crippen molar-refractivity contribution < 1.29 is 18.3 Å². The van der Waals surface area contributed by atoms with Crippen LogP contribution in [0.2, 0.25) is 0 Å². The molecule has 0 aliphatic rings. The number of phenols is 1. The fourth-order valence-corrected chi connectivity index (χ4v) is 1.39. The lowest BCUT2D eigenvalue weighted by molar-refractivity contribution is -0.136. The summed E-state index contributed by atoms with van der Waals surface area (Å²) < 4.78 is 37.6. The molecule has 2 aromatic rings. The standard InChI is InChI=1S/C10H6F3NO/c11-10(12,13)8-5-7(15)4-6-2-1-3-14-9(6)8/h1-5,15H. The molecule has 0 spiro atoms. The van der Waals surface area contributed by atoms with E-state index >= 15 is 0 Å². The molecule has 0 unspecified atom stereocenters. The zero-order valence-corrected chi connectivity index (χ0v) is 7.42. The number of aromatic hydroxyl groups is 1. The highest BCUT2D eigenvalue weighted by Gasteiger charge is 2.33. The summed E-state index contributed by atoms with van der Waals surface area (Å²) >= 11 is 0. The van der Waals surface area contributed by atoms with E-state index in [2.05, 4.69) is 4.98 Å². The fraction of sp³-hybridized carbons (Fsp3) is 0.100. The smallest absolute Gasteiger partial charge is 0.418 e. The number of nitrogens with zero attached hydrogens (tertiary/aromatic N) is 1. The number of aromatic nitrogens is 1. The van der Waals surface area contributed by atoms with Crippen LogP contribution in [0, 0.1) is 0 Å². The van der Waals surface area contributed by atoms with Gasteiger partial charge in [0, 0.05) is 11.6 Å². The van der Waals surface area contributed by atoms with E-state index in [0.717, 1.165) is 0 Å². The highest BCUT2D eigenvalue weighted by atomic mass is 19.4. The molecule has 1 N–H and O–H groups in total. The second-order valence-corrected chi connectivity index (χ2v) is 3.07. The minimum atomic E-state index is -4.51. The Labute approximate surface area is 83.0 Å². The average Bonchev–Trinajstić information content (AvgIpc) is 2.15. The van der Waals surface area contributed by atoms with E-state index < -0.39 is 17.5 Å². The number of rotatable bonds is 0. The quantitative estimate of drug-likeness (QED) is 0.729. The number of pyridine rings is 1.